The molecule has 2 aromatic carbocycles. The number of nitrogens with one attached hydrogen (secondary N) is 1. The lowest BCUT2D eigenvalue weighted by Gasteiger charge is -2.18. The average molecular weight is 299 g/mol. The Balaban J connectivity index is 2.05. The number of nitrogens with zero attached hydrogens (tertiary/aromatic N) is 2. The zero-order chi connectivity index (χ0) is 14.7. The molecule has 0 aliphatic rings. The molecule has 3 N–H and O–H groups in total. The fraction of sp³-hybridized carbons (Fsp3) is 0.0625. The number of nitrogens with two attached hydrogens (primary N) is 1. The maximum absolute atomic E-state index is 6.07. The van der Waals surface area contributed by atoms with Gasteiger partial charge in [-0.15, -0.1) is 0 Å². The van der Waals surface area contributed by atoms with Gasteiger partial charge in [-0.25, -0.2) is 10.1 Å². The average Bonchev–Trinajstić information content (AvgIpc) is 2.98. The molecule has 0 spiro atoms. The van der Waals surface area contributed by atoms with E-state index in [0.717, 1.165) is 16.9 Å². The first kappa shape index (κ1) is 13.8. The Morgan fingerprint density at radius 3 is 2.57 bits per heavy atom. The fourth-order valence-corrected chi connectivity index (χ4v) is 2.55. The molecule has 0 radical (unpaired) electrons. The highest BCUT2D eigenvalue weighted by Crippen LogP contribution is 2.25. The highest BCUT2D eigenvalue weighted by atomic mass is 35.5. The molecule has 0 bridgehead atoms. The summed E-state index contributed by atoms with van der Waals surface area (Å²) < 4.78 is 1.87. The number of hydrogen-bond acceptors (Lipinski definition) is 3. The molecule has 1 heterocycles. The Kier molecular flexibility index (Phi) is 4.01. The van der Waals surface area contributed by atoms with Gasteiger partial charge in [0, 0.05) is 11.2 Å². The standard InChI is InChI=1S/C16H15ClN4/c17-13-6-4-5-12(11-13)16(20-18)15-9-10-19-21(15)14-7-2-1-3-8-14/h1-11,16,20H,18H2. The first-order valence-electron chi connectivity index (χ1n) is 6.60. The van der Waals surface area contributed by atoms with E-state index in [-0.39, 0.29) is 6.04 Å². The number of halogens is 1. The minimum atomic E-state index is -0.189. The van der Waals surface area contributed by atoms with Crippen molar-refractivity contribution < 1.29 is 0 Å². The molecule has 0 amide bonds. The minimum Gasteiger partial charge on any atom is -0.271 e. The van der Waals surface area contributed by atoms with Crippen LogP contribution in [0.25, 0.3) is 5.69 Å². The lowest BCUT2D eigenvalue weighted by molar-refractivity contribution is 0.597. The first-order valence-corrected chi connectivity index (χ1v) is 6.98. The summed E-state index contributed by atoms with van der Waals surface area (Å²) in [6.07, 6.45) is 1.76. The van der Waals surface area contributed by atoms with Gasteiger partial charge in [0.25, 0.3) is 0 Å². The predicted molar refractivity (Wildman–Crippen MR) is 84.2 cm³/mol. The van der Waals surface area contributed by atoms with Crippen LogP contribution in [0.1, 0.15) is 17.3 Å². The van der Waals surface area contributed by atoms with Gasteiger partial charge in [-0.1, -0.05) is 41.9 Å². The SMILES string of the molecule is NNC(c1cccc(Cl)c1)c1ccnn1-c1ccccc1. The van der Waals surface area contributed by atoms with E-state index in [1.165, 1.54) is 0 Å². The lowest BCUT2D eigenvalue weighted by Crippen LogP contribution is -2.30. The zero-order valence-corrected chi connectivity index (χ0v) is 12.0. The van der Waals surface area contributed by atoms with E-state index in [0.29, 0.717) is 5.02 Å². The van der Waals surface area contributed by atoms with Crippen molar-refractivity contribution in [2.24, 2.45) is 5.84 Å². The molecule has 0 aliphatic heterocycles. The van der Waals surface area contributed by atoms with E-state index < -0.39 is 0 Å². The third-order valence-corrected chi connectivity index (χ3v) is 3.55. The van der Waals surface area contributed by atoms with Crippen molar-refractivity contribution >= 4 is 11.6 Å². The summed E-state index contributed by atoms with van der Waals surface area (Å²) in [6.45, 7) is 0. The number of para-hydroxylation sites is 1. The second-order valence-electron chi connectivity index (χ2n) is 4.66. The summed E-state index contributed by atoms with van der Waals surface area (Å²) in [5.74, 6) is 5.76. The van der Waals surface area contributed by atoms with E-state index in [1.54, 1.807) is 6.20 Å². The van der Waals surface area contributed by atoms with Crippen molar-refractivity contribution in [3.05, 3.63) is 83.1 Å². The number of hydrazine groups is 1. The molecule has 3 aromatic rings. The third-order valence-electron chi connectivity index (χ3n) is 3.32. The predicted octanol–water partition coefficient (Wildman–Crippen LogP) is 3.08. The number of rotatable bonds is 4. The van der Waals surface area contributed by atoms with Crippen LogP contribution in [0.5, 0.6) is 0 Å². The van der Waals surface area contributed by atoms with Crippen LogP contribution in [0.3, 0.4) is 0 Å². The van der Waals surface area contributed by atoms with Crippen LogP contribution in [0.15, 0.2) is 66.9 Å². The molecule has 4 nitrogen and oxygen atoms in total. The van der Waals surface area contributed by atoms with Crippen molar-refractivity contribution in [2.45, 2.75) is 6.04 Å². The van der Waals surface area contributed by atoms with Gasteiger partial charge in [0.05, 0.1) is 17.4 Å². The van der Waals surface area contributed by atoms with Crippen molar-refractivity contribution in [2.75, 3.05) is 0 Å². The summed E-state index contributed by atoms with van der Waals surface area (Å²) in [6, 6.07) is 19.3. The number of hydrogen-bond donors (Lipinski definition) is 2. The van der Waals surface area contributed by atoms with E-state index >= 15 is 0 Å². The first-order chi connectivity index (χ1) is 10.3. The molecule has 1 atom stereocenters. The van der Waals surface area contributed by atoms with Gasteiger partial charge >= 0.3 is 0 Å². The largest absolute Gasteiger partial charge is 0.271 e. The van der Waals surface area contributed by atoms with Crippen LogP contribution in [0.2, 0.25) is 5.02 Å². The summed E-state index contributed by atoms with van der Waals surface area (Å²) in [5.41, 5.74) is 5.76. The van der Waals surface area contributed by atoms with Gasteiger partial charge in [0.2, 0.25) is 0 Å². The molecular formula is C16H15ClN4. The summed E-state index contributed by atoms with van der Waals surface area (Å²) in [5, 5.41) is 5.07. The molecule has 106 valence electrons. The molecule has 0 saturated heterocycles. The van der Waals surface area contributed by atoms with E-state index in [1.807, 2.05) is 65.3 Å². The minimum absolute atomic E-state index is 0.189. The Labute approximate surface area is 128 Å². The van der Waals surface area contributed by atoms with Gasteiger partial charge in [-0.3, -0.25) is 5.84 Å². The maximum atomic E-state index is 6.07. The van der Waals surface area contributed by atoms with E-state index in [2.05, 4.69) is 10.5 Å². The zero-order valence-electron chi connectivity index (χ0n) is 11.3. The molecule has 5 heteroatoms. The molecule has 21 heavy (non-hydrogen) atoms. The van der Waals surface area contributed by atoms with E-state index in [9.17, 15) is 0 Å². The van der Waals surface area contributed by atoms with Crippen molar-refractivity contribution in [1.82, 2.24) is 15.2 Å². The van der Waals surface area contributed by atoms with Crippen LogP contribution in [-0.2, 0) is 0 Å². The summed E-state index contributed by atoms with van der Waals surface area (Å²) in [4.78, 5) is 0. The van der Waals surface area contributed by atoms with Crippen LogP contribution < -0.4 is 11.3 Å². The molecule has 1 aromatic heterocycles. The van der Waals surface area contributed by atoms with Gasteiger partial charge in [-0.05, 0) is 35.9 Å². The second kappa shape index (κ2) is 6.10. The lowest BCUT2D eigenvalue weighted by atomic mass is 10.0. The smallest absolute Gasteiger partial charge is 0.0883 e. The number of aromatic nitrogens is 2. The Hall–Kier alpha value is -2.14. The Morgan fingerprint density at radius 1 is 1.05 bits per heavy atom. The molecule has 1 unspecified atom stereocenters. The maximum Gasteiger partial charge on any atom is 0.0883 e. The summed E-state index contributed by atoms with van der Waals surface area (Å²) in [7, 11) is 0. The third kappa shape index (κ3) is 2.83. The molecule has 0 aliphatic carbocycles. The van der Waals surface area contributed by atoms with Gasteiger partial charge in [-0.2, -0.15) is 5.10 Å². The summed E-state index contributed by atoms with van der Waals surface area (Å²) >= 11 is 6.07. The Bertz CT molecular complexity index is 724. The second-order valence-corrected chi connectivity index (χ2v) is 5.09. The van der Waals surface area contributed by atoms with Crippen molar-refractivity contribution in [3.63, 3.8) is 0 Å². The van der Waals surface area contributed by atoms with Crippen LogP contribution in [0.4, 0.5) is 0 Å². The van der Waals surface area contributed by atoms with Gasteiger partial charge in [0.15, 0.2) is 0 Å². The van der Waals surface area contributed by atoms with Gasteiger partial charge in [0.1, 0.15) is 0 Å². The number of benzene rings is 2. The van der Waals surface area contributed by atoms with Crippen LogP contribution in [-0.4, -0.2) is 9.78 Å². The molecular weight excluding hydrogens is 284 g/mol. The Morgan fingerprint density at radius 2 is 1.86 bits per heavy atom. The topological polar surface area (TPSA) is 55.9 Å². The highest BCUT2D eigenvalue weighted by molar-refractivity contribution is 6.30. The monoisotopic (exact) mass is 298 g/mol. The van der Waals surface area contributed by atoms with Crippen LogP contribution in [0, 0.1) is 0 Å². The highest BCUT2D eigenvalue weighted by Gasteiger charge is 2.18. The van der Waals surface area contributed by atoms with Crippen LogP contribution >= 0.6 is 11.6 Å². The van der Waals surface area contributed by atoms with Crippen molar-refractivity contribution in [3.8, 4) is 5.69 Å². The fourth-order valence-electron chi connectivity index (χ4n) is 2.36. The molecule has 0 fully saturated rings. The molecule has 0 saturated carbocycles. The van der Waals surface area contributed by atoms with Gasteiger partial charge < -0.3 is 0 Å². The quantitative estimate of drug-likeness (QED) is 0.575. The van der Waals surface area contributed by atoms with E-state index in [4.69, 9.17) is 17.4 Å². The van der Waals surface area contributed by atoms with Crippen molar-refractivity contribution in [1.29, 1.82) is 0 Å². The molecule has 3 rings (SSSR count). The normalized spacial score (nSPS) is 12.3.